The molecule has 1 amide bonds. The molecule has 0 aliphatic rings. The van der Waals surface area contributed by atoms with E-state index >= 15 is 0 Å². The zero-order valence-corrected chi connectivity index (χ0v) is 18.2. The normalized spacial score (nSPS) is 13.9. The molecule has 0 saturated carbocycles. The van der Waals surface area contributed by atoms with E-state index in [9.17, 15) is 14.3 Å². The minimum Gasteiger partial charge on any atom is -0.756 e. The summed E-state index contributed by atoms with van der Waals surface area (Å²) in [6.45, 7) is 2.04. The first-order chi connectivity index (χ1) is 13.9. The molecular weight excluding hydrogens is 421 g/mol. The van der Waals surface area contributed by atoms with Gasteiger partial charge >= 0.3 is 6.09 Å². The minimum absolute atomic E-state index is 0. The van der Waals surface area contributed by atoms with Gasteiger partial charge in [-0.15, -0.1) is 0 Å². The maximum atomic E-state index is 11.7. The Kier molecular flexibility index (Phi) is 22.5. The van der Waals surface area contributed by atoms with Crippen LogP contribution in [0, 0.1) is 0 Å². The van der Waals surface area contributed by atoms with E-state index in [-0.39, 0.29) is 33.9 Å². The Labute approximate surface area is 179 Å². The number of amides is 1. The van der Waals surface area contributed by atoms with Crippen LogP contribution >= 0.6 is 7.82 Å². The Morgan fingerprint density at radius 2 is 1.77 bits per heavy atom. The average Bonchev–Trinajstić information content (AvgIpc) is 2.70. The van der Waals surface area contributed by atoms with Gasteiger partial charge in [0.25, 0.3) is 7.82 Å². The van der Waals surface area contributed by atoms with Gasteiger partial charge in [-0.3, -0.25) is 4.57 Å². The third-order valence-electron chi connectivity index (χ3n) is 3.61. The summed E-state index contributed by atoms with van der Waals surface area (Å²) in [5.74, 6) is 0. The van der Waals surface area contributed by atoms with Crippen molar-refractivity contribution in [3.63, 3.8) is 0 Å². The number of carbonyl (C=O) groups excluding carboxylic acids is 1. The van der Waals surface area contributed by atoms with Crippen molar-refractivity contribution in [3.8, 4) is 0 Å². The Balaban J connectivity index is 0. The standard InChI is InChI=1S/C17H36NO10P.CH4/c1-23-12-13-25-14-16(26-10-7-9-19)15-27-17(20)18-8-5-3-4-6-11-28-29(21,22)24-2;/h16,19H,3-15H2,1-2H3,(H,18,20)(H,21,22);1H4/p-1. The van der Waals surface area contributed by atoms with Gasteiger partial charge in [-0.1, -0.05) is 20.3 Å². The lowest BCUT2D eigenvalue weighted by molar-refractivity contribution is -0.223. The van der Waals surface area contributed by atoms with Crippen LogP contribution in [-0.4, -0.2) is 84.3 Å². The Bertz CT molecular complexity index is 441. The van der Waals surface area contributed by atoms with Crippen molar-refractivity contribution >= 4 is 13.9 Å². The van der Waals surface area contributed by atoms with Crippen molar-refractivity contribution in [2.45, 2.75) is 45.6 Å². The summed E-state index contributed by atoms with van der Waals surface area (Å²) in [7, 11) is -1.52. The lowest BCUT2D eigenvalue weighted by atomic mass is 10.2. The maximum Gasteiger partial charge on any atom is 0.407 e. The van der Waals surface area contributed by atoms with Crippen molar-refractivity contribution in [1.29, 1.82) is 0 Å². The van der Waals surface area contributed by atoms with Crippen LogP contribution in [0.3, 0.4) is 0 Å². The van der Waals surface area contributed by atoms with E-state index in [0.717, 1.165) is 26.4 Å². The van der Waals surface area contributed by atoms with Crippen LogP contribution in [0.5, 0.6) is 0 Å². The summed E-state index contributed by atoms with van der Waals surface area (Å²) in [5.41, 5.74) is 0. The molecule has 0 spiro atoms. The van der Waals surface area contributed by atoms with Crippen molar-refractivity contribution in [3.05, 3.63) is 0 Å². The number of phosphoric ester groups is 1. The monoisotopic (exact) mass is 460 g/mol. The molecule has 0 radical (unpaired) electrons. The second-order valence-electron chi connectivity index (χ2n) is 6.04. The second-order valence-corrected chi connectivity index (χ2v) is 7.56. The highest BCUT2D eigenvalue weighted by atomic mass is 31.2. The summed E-state index contributed by atoms with van der Waals surface area (Å²) in [6.07, 6.45) is 2.39. The number of ether oxygens (including phenoxy) is 4. The number of aliphatic hydroxyl groups is 1. The number of rotatable bonds is 20. The molecule has 2 unspecified atom stereocenters. The first kappa shape index (κ1) is 31.4. The van der Waals surface area contributed by atoms with E-state index < -0.39 is 20.0 Å². The van der Waals surface area contributed by atoms with Gasteiger partial charge < -0.3 is 43.3 Å². The van der Waals surface area contributed by atoms with Crippen LogP contribution in [0.2, 0.25) is 0 Å². The topological polar surface area (TPSA) is 145 Å². The minimum atomic E-state index is -4.15. The summed E-state index contributed by atoms with van der Waals surface area (Å²) in [6, 6.07) is 0. The highest BCUT2D eigenvalue weighted by molar-refractivity contribution is 7.45. The zero-order valence-electron chi connectivity index (χ0n) is 17.3. The average molecular weight is 460 g/mol. The quantitative estimate of drug-likeness (QED) is 0.202. The number of hydrogen-bond acceptors (Lipinski definition) is 10. The van der Waals surface area contributed by atoms with E-state index in [1.807, 2.05) is 0 Å². The molecule has 0 aromatic rings. The zero-order chi connectivity index (χ0) is 21.8. The van der Waals surface area contributed by atoms with Crippen LogP contribution in [0.4, 0.5) is 4.79 Å². The number of aliphatic hydroxyl groups excluding tert-OH is 1. The highest BCUT2D eigenvalue weighted by Crippen LogP contribution is 2.36. The number of unbranched alkanes of at least 4 members (excludes halogenated alkanes) is 3. The molecule has 182 valence electrons. The fourth-order valence-electron chi connectivity index (χ4n) is 2.04. The number of alkyl carbamates (subject to hydrolysis) is 1. The van der Waals surface area contributed by atoms with E-state index in [4.69, 9.17) is 24.1 Å². The maximum absolute atomic E-state index is 11.7. The van der Waals surface area contributed by atoms with Gasteiger partial charge in [0.15, 0.2) is 0 Å². The molecule has 0 aliphatic heterocycles. The van der Waals surface area contributed by atoms with Crippen LogP contribution in [0.15, 0.2) is 0 Å². The van der Waals surface area contributed by atoms with Gasteiger partial charge in [-0.2, -0.15) is 0 Å². The summed E-state index contributed by atoms with van der Waals surface area (Å²) in [4.78, 5) is 22.7. The van der Waals surface area contributed by atoms with Crippen LogP contribution in [-0.2, 0) is 32.6 Å². The van der Waals surface area contributed by atoms with Gasteiger partial charge in [0.1, 0.15) is 12.7 Å². The van der Waals surface area contributed by atoms with Crippen LogP contribution in [0.25, 0.3) is 0 Å². The molecule has 0 rings (SSSR count). The molecule has 2 atom stereocenters. The molecule has 0 aromatic carbocycles. The third-order valence-corrected chi connectivity index (χ3v) is 4.55. The van der Waals surface area contributed by atoms with Gasteiger partial charge in [0, 0.05) is 34.0 Å². The molecule has 12 heteroatoms. The Morgan fingerprint density at radius 3 is 2.43 bits per heavy atom. The Hall–Kier alpha value is -0.780. The predicted molar refractivity (Wildman–Crippen MR) is 109 cm³/mol. The van der Waals surface area contributed by atoms with E-state index in [1.165, 1.54) is 0 Å². The van der Waals surface area contributed by atoms with E-state index in [2.05, 4.69) is 14.4 Å². The summed E-state index contributed by atoms with van der Waals surface area (Å²) in [5, 5.41) is 11.5. The lowest BCUT2D eigenvalue weighted by Crippen LogP contribution is -2.32. The Morgan fingerprint density at radius 1 is 1.03 bits per heavy atom. The fraction of sp³-hybridized carbons (Fsp3) is 0.944. The molecule has 2 N–H and O–H groups in total. The smallest absolute Gasteiger partial charge is 0.407 e. The van der Waals surface area contributed by atoms with E-state index in [1.54, 1.807) is 7.11 Å². The van der Waals surface area contributed by atoms with Crippen LogP contribution in [0.1, 0.15) is 39.5 Å². The molecule has 0 aromatic heterocycles. The molecule has 11 nitrogen and oxygen atoms in total. The first-order valence-corrected chi connectivity index (χ1v) is 11.1. The van der Waals surface area contributed by atoms with Crippen molar-refractivity contribution < 1.29 is 47.4 Å². The number of nitrogens with one attached hydrogen (secondary N) is 1. The van der Waals surface area contributed by atoms with Gasteiger partial charge in [-0.05, 0) is 19.3 Å². The molecule has 0 aliphatic carbocycles. The lowest BCUT2D eigenvalue weighted by Gasteiger charge is -2.19. The summed E-state index contributed by atoms with van der Waals surface area (Å²) >= 11 is 0. The molecular formula is C18H39NO10P-. The predicted octanol–water partition coefficient (Wildman–Crippen LogP) is 1.47. The van der Waals surface area contributed by atoms with Gasteiger partial charge in [-0.25, -0.2) is 4.79 Å². The number of methoxy groups -OCH3 is 1. The van der Waals surface area contributed by atoms with Gasteiger partial charge in [0.05, 0.1) is 26.4 Å². The molecule has 0 bridgehead atoms. The van der Waals surface area contributed by atoms with Crippen LogP contribution < -0.4 is 10.2 Å². The van der Waals surface area contributed by atoms with E-state index in [0.29, 0.717) is 39.2 Å². The second kappa shape index (κ2) is 21.5. The molecule has 0 fully saturated rings. The van der Waals surface area contributed by atoms with Crippen molar-refractivity contribution in [2.75, 3.05) is 67.0 Å². The third kappa shape index (κ3) is 20.5. The molecule has 0 heterocycles. The highest BCUT2D eigenvalue weighted by Gasteiger charge is 2.13. The SMILES string of the molecule is C.COCCOCC(COC(=O)NCCCCCCOP(=O)([O-])OC)OCCCO. The number of hydrogen-bond donors (Lipinski definition) is 2. The van der Waals surface area contributed by atoms with Crippen molar-refractivity contribution in [1.82, 2.24) is 5.32 Å². The summed E-state index contributed by atoms with van der Waals surface area (Å²) < 4.78 is 40.7. The first-order valence-electron chi connectivity index (χ1n) is 9.66. The molecule has 30 heavy (non-hydrogen) atoms. The number of carbonyl (C=O) groups is 1. The fourth-order valence-corrected chi connectivity index (χ4v) is 2.49. The van der Waals surface area contributed by atoms with Gasteiger partial charge in [0.2, 0.25) is 0 Å². The number of phosphoric acid groups is 1. The molecule has 0 saturated heterocycles. The van der Waals surface area contributed by atoms with Crippen molar-refractivity contribution in [2.24, 2.45) is 0 Å². The largest absolute Gasteiger partial charge is 0.756 e.